The number of allylic oxidation sites excluding steroid dienone is 1. The van der Waals surface area contributed by atoms with Gasteiger partial charge < -0.3 is 14.8 Å². The number of hydrogen-bond donors (Lipinski definition) is 1. The third-order valence-corrected chi connectivity index (χ3v) is 5.21. The van der Waals surface area contributed by atoms with Crippen LogP contribution in [0.3, 0.4) is 0 Å². The van der Waals surface area contributed by atoms with Gasteiger partial charge in [-0.2, -0.15) is 0 Å². The van der Waals surface area contributed by atoms with Gasteiger partial charge in [-0.25, -0.2) is 0 Å². The molecule has 2 aliphatic rings. The van der Waals surface area contributed by atoms with Crippen LogP contribution < -0.4 is 5.32 Å². The lowest BCUT2D eigenvalue weighted by Gasteiger charge is -2.33. The van der Waals surface area contributed by atoms with Gasteiger partial charge in [0.2, 0.25) is 5.91 Å². The van der Waals surface area contributed by atoms with Crippen LogP contribution in [0.5, 0.6) is 0 Å². The first-order chi connectivity index (χ1) is 12.0. The van der Waals surface area contributed by atoms with Crippen LogP contribution in [0.4, 0.5) is 0 Å². The SMILES string of the molecule is CC(C)=CCO[C@@H]1COCC[C@H]1NC(=O)C1(c2ccc(C)cc2)CC1. The van der Waals surface area contributed by atoms with Crippen LogP contribution in [0.1, 0.15) is 44.2 Å². The van der Waals surface area contributed by atoms with Crippen LogP contribution >= 0.6 is 0 Å². The van der Waals surface area contributed by atoms with Crippen molar-refractivity contribution in [2.75, 3.05) is 19.8 Å². The van der Waals surface area contributed by atoms with Gasteiger partial charge >= 0.3 is 0 Å². The van der Waals surface area contributed by atoms with Crippen LogP contribution in [0.25, 0.3) is 0 Å². The van der Waals surface area contributed by atoms with Gasteiger partial charge in [-0.05, 0) is 45.6 Å². The lowest BCUT2D eigenvalue weighted by molar-refractivity contribution is -0.128. The molecule has 1 aliphatic heterocycles. The van der Waals surface area contributed by atoms with Gasteiger partial charge in [0.1, 0.15) is 6.10 Å². The first kappa shape index (κ1) is 18.2. The number of rotatable bonds is 6. The number of carbonyl (C=O) groups is 1. The Bertz CT molecular complexity index is 627. The molecule has 1 heterocycles. The van der Waals surface area contributed by atoms with Crippen molar-refractivity contribution >= 4 is 5.91 Å². The first-order valence-corrected chi connectivity index (χ1v) is 9.22. The van der Waals surface area contributed by atoms with Gasteiger partial charge in [-0.1, -0.05) is 41.5 Å². The van der Waals surface area contributed by atoms with Gasteiger partial charge in [-0.3, -0.25) is 4.79 Å². The predicted octanol–water partition coefficient (Wildman–Crippen LogP) is 3.28. The Morgan fingerprint density at radius 3 is 2.68 bits per heavy atom. The summed E-state index contributed by atoms with van der Waals surface area (Å²) in [5, 5.41) is 3.26. The largest absolute Gasteiger partial charge is 0.379 e. The molecule has 25 heavy (non-hydrogen) atoms. The zero-order valence-electron chi connectivity index (χ0n) is 15.5. The lowest BCUT2D eigenvalue weighted by atomic mass is 9.93. The van der Waals surface area contributed by atoms with E-state index in [1.807, 2.05) is 0 Å². The molecule has 2 fully saturated rings. The highest BCUT2D eigenvalue weighted by molar-refractivity contribution is 5.91. The Hall–Kier alpha value is -1.65. The molecule has 0 unspecified atom stereocenters. The van der Waals surface area contributed by atoms with Crippen molar-refractivity contribution in [3.63, 3.8) is 0 Å². The number of amides is 1. The molecule has 2 atom stereocenters. The molecular formula is C21H29NO3. The maximum Gasteiger partial charge on any atom is 0.230 e. The maximum atomic E-state index is 13.0. The fourth-order valence-corrected chi connectivity index (χ4v) is 3.33. The molecule has 4 heteroatoms. The summed E-state index contributed by atoms with van der Waals surface area (Å²) in [6.45, 7) is 7.95. The summed E-state index contributed by atoms with van der Waals surface area (Å²) < 4.78 is 11.5. The maximum absolute atomic E-state index is 13.0. The van der Waals surface area contributed by atoms with Crippen molar-refractivity contribution < 1.29 is 14.3 Å². The molecule has 0 bridgehead atoms. The molecule has 1 saturated carbocycles. The molecule has 1 saturated heterocycles. The number of aryl methyl sites for hydroxylation is 1. The van der Waals surface area contributed by atoms with Crippen LogP contribution in [-0.4, -0.2) is 37.9 Å². The highest BCUT2D eigenvalue weighted by Gasteiger charge is 2.52. The second-order valence-corrected chi connectivity index (χ2v) is 7.54. The van der Waals surface area contributed by atoms with Crippen molar-refractivity contribution in [1.82, 2.24) is 5.32 Å². The average Bonchev–Trinajstić information content (AvgIpc) is 3.38. The molecule has 1 aromatic carbocycles. The van der Waals surface area contributed by atoms with E-state index in [4.69, 9.17) is 9.47 Å². The number of nitrogens with one attached hydrogen (secondary N) is 1. The van der Waals surface area contributed by atoms with Crippen LogP contribution in [-0.2, 0) is 19.7 Å². The standard InChI is InChI=1S/C21H29NO3/c1-15(2)8-13-25-19-14-24-12-9-18(19)22-20(23)21(10-11-21)17-6-4-16(3)5-7-17/h4-8,18-19H,9-14H2,1-3H3,(H,22,23)/t18-,19-/m1/s1. The van der Waals surface area contributed by atoms with Gasteiger partial charge in [0.05, 0.1) is 24.7 Å². The minimum absolute atomic E-state index is 0.0229. The third kappa shape index (κ3) is 4.31. The Morgan fingerprint density at radius 1 is 1.32 bits per heavy atom. The summed E-state index contributed by atoms with van der Waals surface area (Å²) in [6, 6.07) is 8.38. The zero-order valence-corrected chi connectivity index (χ0v) is 15.5. The fourth-order valence-electron chi connectivity index (χ4n) is 3.33. The molecule has 136 valence electrons. The van der Waals surface area contributed by atoms with Crippen molar-refractivity contribution in [2.24, 2.45) is 0 Å². The molecule has 3 rings (SSSR count). The Morgan fingerprint density at radius 2 is 2.04 bits per heavy atom. The van der Waals surface area contributed by atoms with E-state index in [0.717, 1.165) is 24.8 Å². The summed E-state index contributed by atoms with van der Waals surface area (Å²) in [6.07, 6.45) is 4.63. The topological polar surface area (TPSA) is 47.6 Å². The van der Waals surface area contributed by atoms with Crippen LogP contribution in [0.2, 0.25) is 0 Å². The Kier molecular flexibility index (Phi) is 5.60. The Balaban J connectivity index is 1.64. The smallest absolute Gasteiger partial charge is 0.230 e. The van der Waals surface area contributed by atoms with E-state index in [-0.39, 0.29) is 23.5 Å². The normalized spacial score (nSPS) is 24.4. The fraction of sp³-hybridized carbons (Fsp3) is 0.571. The van der Waals surface area contributed by atoms with Gasteiger partial charge in [-0.15, -0.1) is 0 Å². The van der Waals surface area contributed by atoms with E-state index < -0.39 is 0 Å². The minimum atomic E-state index is -0.337. The molecule has 1 aliphatic carbocycles. The molecule has 0 radical (unpaired) electrons. The second kappa shape index (κ2) is 7.71. The second-order valence-electron chi connectivity index (χ2n) is 7.54. The van der Waals surface area contributed by atoms with Crippen LogP contribution in [0.15, 0.2) is 35.9 Å². The van der Waals surface area contributed by atoms with Crippen molar-refractivity contribution in [3.05, 3.63) is 47.0 Å². The summed E-state index contributed by atoms with van der Waals surface area (Å²) in [4.78, 5) is 13.0. The summed E-state index contributed by atoms with van der Waals surface area (Å²) >= 11 is 0. The van der Waals surface area contributed by atoms with Crippen molar-refractivity contribution in [1.29, 1.82) is 0 Å². The van der Waals surface area contributed by atoms with Gasteiger partial charge in [0, 0.05) is 6.61 Å². The monoisotopic (exact) mass is 343 g/mol. The summed E-state index contributed by atoms with van der Waals surface area (Å²) in [5.74, 6) is 0.138. The van der Waals surface area contributed by atoms with E-state index in [1.165, 1.54) is 11.1 Å². The molecule has 1 amide bonds. The molecule has 1 N–H and O–H groups in total. The van der Waals surface area contributed by atoms with Crippen molar-refractivity contribution in [2.45, 2.75) is 57.6 Å². The van der Waals surface area contributed by atoms with E-state index in [1.54, 1.807) is 0 Å². The highest BCUT2D eigenvalue weighted by atomic mass is 16.5. The van der Waals surface area contributed by atoms with E-state index in [2.05, 4.69) is 56.4 Å². The summed E-state index contributed by atoms with van der Waals surface area (Å²) in [7, 11) is 0. The van der Waals surface area contributed by atoms with E-state index in [0.29, 0.717) is 19.8 Å². The number of hydrogen-bond acceptors (Lipinski definition) is 3. The third-order valence-electron chi connectivity index (χ3n) is 5.21. The molecule has 0 spiro atoms. The molecule has 0 aromatic heterocycles. The molecule has 1 aromatic rings. The quantitative estimate of drug-likeness (QED) is 0.807. The lowest BCUT2D eigenvalue weighted by Crippen LogP contribution is -2.52. The average molecular weight is 343 g/mol. The number of benzene rings is 1. The molecule has 4 nitrogen and oxygen atoms in total. The predicted molar refractivity (Wildman–Crippen MR) is 98.6 cm³/mol. The van der Waals surface area contributed by atoms with Gasteiger partial charge in [0.15, 0.2) is 0 Å². The van der Waals surface area contributed by atoms with Gasteiger partial charge in [0.25, 0.3) is 0 Å². The summed E-state index contributed by atoms with van der Waals surface area (Å²) in [5.41, 5.74) is 3.24. The van der Waals surface area contributed by atoms with Crippen LogP contribution in [0, 0.1) is 6.92 Å². The number of ether oxygens (including phenoxy) is 2. The molecular weight excluding hydrogens is 314 g/mol. The Labute approximate surface area is 150 Å². The van der Waals surface area contributed by atoms with E-state index >= 15 is 0 Å². The van der Waals surface area contributed by atoms with E-state index in [9.17, 15) is 4.79 Å². The number of carbonyl (C=O) groups excluding carboxylic acids is 1. The first-order valence-electron chi connectivity index (χ1n) is 9.22. The minimum Gasteiger partial charge on any atom is -0.379 e. The highest BCUT2D eigenvalue weighted by Crippen LogP contribution is 2.48. The zero-order chi connectivity index (χ0) is 17.9. The van der Waals surface area contributed by atoms with Crippen molar-refractivity contribution in [3.8, 4) is 0 Å².